The number of hydrogen-bond donors (Lipinski definition) is 1. The zero-order valence-electron chi connectivity index (χ0n) is 13.8. The van der Waals surface area contributed by atoms with Crippen molar-refractivity contribution in [3.63, 3.8) is 0 Å². The van der Waals surface area contributed by atoms with Crippen LogP contribution in [0.2, 0.25) is 5.02 Å². The molecule has 4 nitrogen and oxygen atoms in total. The van der Waals surface area contributed by atoms with E-state index in [-0.39, 0.29) is 22.9 Å². The molecule has 1 aromatic carbocycles. The van der Waals surface area contributed by atoms with E-state index >= 15 is 0 Å². The summed E-state index contributed by atoms with van der Waals surface area (Å²) in [5.74, 6) is -1.93. The number of carbonyl (C=O) groups is 2. The van der Waals surface area contributed by atoms with Gasteiger partial charge in [-0.25, -0.2) is 4.79 Å². The van der Waals surface area contributed by atoms with Crippen LogP contribution in [0.5, 0.6) is 0 Å². The van der Waals surface area contributed by atoms with Gasteiger partial charge in [0.25, 0.3) is 0 Å². The maximum absolute atomic E-state index is 12.9. The first-order valence-electron chi connectivity index (χ1n) is 7.33. The second kappa shape index (κ2) is 7.42. The molecule has 1 amide bonds. The monoisotopic (exact) mass is 365 g/mol. The Bertz CT molecular complexity index is 642. The zero-order valence-corrected chi connectivity index (χ0v) is 14.6. The van der Waals surface area contributed by atoms with Crippen molar-refractivity contribution in [2.45, 2.75) is 40.3 Å². The van der Waals surface area contributed by atoms with Crippen LogP contribution in [0, 0.1) is 5.41 Å². The Hall–Kier alpha value is -1.76. The van der Waals surface area contributed by atoms with E-state index < -0.39 is 23.5 Å². The van der Waals surface area contributed by atoms with E-state index in [1.807, 2.05) is 0 Å². The van der Waals surface area contributed by atoms with Gasteiger partial charge >= 0.3 is 12.1 Å². The number of hydrogen-bond acceptors (Lipinski definition) is 3. The van der Waals surface area contributed by atoms with Gasteiger partial charge in [0, 0.05) is 5.69 Å². The van der Waals surface area contributed by atoms with Crippen LogP contribution < -0.4 is 5.32 Å². The van der Waals surface area contributed by atoms with Gasteiger partial charge < -0.3 is 10.1 Å². The minimum Gasteiger partial charge on any atom is -0.462 e. The summed E-state index contributed by atoms with van der Waals surface area (Å²) in [6.07, 6.45) is -4.28. The first-order chi connectivity index (χ1) is 11.0. The zero-order chi connectivity index (χ0) is 18.7. The molecule has 0 fully saturated rings. The van der Waals surface area contributed by atoms with Crippen LogP contribution in [0.3, 0.4) is 0 Å². The summed E-state index contributed by atoms with van der Waals surface area (Å²) in [4.78, 5) is 23.9. The van der Waals surface area contributed by atoms with Crippen molar-refractivity contribution in [2.24, 2.45) is 5.41 Å². The minimum atomic E-state index is -4.71. The summed E-state index contributed by atoms with van der Waals surface area (Å²) in [5, 5.41) is 2.36. The van der Waals surface area contributed by atoms with E-state index in [0.717, 1.165) is 13.8 Å². The molecule has 0 spiro atoms. The third-order valence-corrected chi connectivity index (χ3v) is 4.00. The van der Waals surface area contributed by atoms with Crippen molar-refractivity contribution >= 4 is 29.2 Å². The van der Waals surface area contributed by atoms with Crippen molar-refractivity contribution in [2.75, 3.05) is 11.9 Å². The van der Waals surface area contributed by atoms with E-state index in [4.69, 9.17) is 16.3 Å². The van der Waals surface area contributed by atoms with Crippen LogP contribution in [0.15, 0.2) is 12.1 Å². The van der Waals surface area contributed by atoms with Crippen LogP contribution in [-0.2, 0) is 16.0 Å². The predicted octanol–water partition coefficient (Wildman–Crippen LogP) is 4.61. The fourth-order valence-electron chi connectivity index (χ4n) is 1.79. The normalized spacial score (nSPS) is 12.0. The Kier molecular flexibility index (Phi) is 6.27. The second-order valence-corrected chi connectivity index (χ2v) is 6.03. The van der Waals surface area contributed by atoms with Gasteiger partial charge in [-0.2, -0.15) is 13.2 Å². The highest BCUT2D eigenvalue weighted by atomic mass is 35.5. The van der Waals surface area contributed by atoms with Gasteiger partial charge in [0.2, 0.25) is 5.91 Å². The molecule has 0 radical (unpaired) electrons. The van der Waals surface area contributed by atoms with Crippen molar-refractivity contribution in [1.29, 1.82) is 0 Å². The van der Waals surface area contributed by atoms with Gasteiger partial charge in [-0.1, -0.05) is 18.5 Å². The molecule has 1 rings (SSSR count). The molecule has 0 saturated heterocycles. The first-order valence-corrected chi connectivity index (χ1v) is 7.71. The van der Waals surface area contributed by atoms with Gasteiger partial charge in [-0.15, -0.1) is 0 Å². The number of alkyl halides is 3. The average Bonchev–Trinajstić information content (AvgIpc) is 2.47. The lowest BCUT2D eigenvalue weighted by Crippen LogP contribution is -2.43. The molecule has 0 saturated carbocycles. The summed E-state index contributed by atoms with van der Waals surface area (Å²) in [6.45, 7) is 5.07. The van der Waals surface area contributed by atoms with Gasteiger partial charge in [-0.05, 0) is 44.9 Å². The third kappa shape index (κ3) is 4.20. The first kappa shape index (κ1) is 20.3. The van der Waals surface area contributed by atoms with Gasteiger partial charge in [0.05, 0.1) is 17.2 Å². The Morgan fingerprint density at radius 3 is 2.25 bits per heavy atom. The maximum Gasteiger partial charge on any atom is 0.402 e. The summed E-state index contributed by atoms with van der Waals surface area (Å²) in [7, 11) is 0. The smallest absolute Gasteiger partial charge is 0.402 e. The number of benzene rings is 1. The standard InChI is InChI=1S/C16H19ClF3NO3/c1-5-9-7-10(8-11(12(9)17)13(22)24-6-2)21-14(23)15(3,4)16(18,19)20/h7-8H,5-6H2,1-4H3,(H,21,23). The highest BCUT2D eigenvalue weighted by Crippen LogP contribution is 2.38. The Morgan fingerprint density at radius 2 is 1.79 bits per heavy atom. The van der Waals surface area contributed by atoms with Gasteiger partial charge in [0.1, 0.15) is 5.41 Å². The topological polar surface area (TPSA) is 55.4 Å². The molecule has 0 aromatic heterocycles. The van der Waals surface area contributed by atoms with Crippen molar-refractivity contribution < 1.29 is 27.5 Å². The highest BCUT2D eigenvalue weighted by Gasteiger charge is 2.52. The number of ether oxygens (including phenoxy) is 1. The second-order valence-electron chi connectivity index (χ2n) is 5.65. The van der Waals surface area contributed by atoms with Crippen molar-refractivity contribution in [1.82, 2.24) is 0 Å². The maximum atomic E-state index is 12.9. The third-order valence-electron chi connectivity index (χ3n) is 3.56. The number of halogens is 4. The Balaban J connectivity index is 3.24. The number of amides is 1. The SMILES string of the molecule is CCOC(=O)c1cc(NC(=O)C(C)(C)C(F)(F)F)cc(CC)c1Cl. The lowest BCUT2D eigenvalue weighted by molar-refractivity contribution is -0.208. The van der Waals surface area contributed by atoms with E-state index in [1.54, 1.807) is 13.8 Å². The van der Waals surface area contributed by atoms with E-state index in [1.165, 1.54) is 12.1 Å². The molecule has 0 aliphatic carbocycles. The van der Waals surface area contributed by atoms with Crippen molar-refractivity contribution in [3.05, 3.63) is 28.3 Å². The molecule has 134 valence electrons. The molecule has 0 unspecified atom stereocenters. The van der Waals surface area contributed by atoms with Crippen LogP contribution in [0.4, 0.5) is 18.9 Å². The average molecular weight is 366 g/mol. The molecule has 8 heteroatoms. The number of rotatable bonds is 5. The Morgan fingerprint density at radius 1 is 1.21 bits per heavy atom. The largest absolute Gasteiger partial charge is 0.462 e. The molecule has 1 N–H and O–H groups in total. The minimum absolute atomic E-state index is 0.00187. The summed E-state index contributed by atoms with van der Waals surface area (Å²) < 4.78 is 43.7. The number of nitrogens with one attached hydrogen (secondary N) is 1. The lowest BCUT2D eigenvalue weighted by atomic mass is 9.91. The summed E-state index contributed by atoms with van der Waals surface area (Å²) in [6, 6.07) is 2.65. The van der Waals surface area contributed by atoms with E-state index in [2.05, 4.69) is 5.32 Å². The molecule has 0 aliphatic heterocycles. The van der Waals surface area contributed by atoms with Crippen LogP contribution in [0.1, 0.15) is 43.6 Å². The lowest BCUT2D eigenvalue weighted by Gasteiger charge is -2.26. The molecule has 1 aromatic rings. The fourth-order valence-corrected chi connectivity index (χ4v) is 2.11. The number of aryl methyl sites for hydroxylation is 1. The number of esters is 1. The van der Waals surface area contributed by atoms with E-state index in [9.17, 15) is 22.8 Å². The predicted molar refractivity (Wildman–Crippen MR) is 85.3 cm³/mol. The molecular formula is C16H19ClF3NO3. The molecule has 0 aliphatic rings. The van der Waals surface area contributed by atoms with Gasteiger partial charge in [-0.3, -0.25) is 4.79 Å². The molecule has 24 heavy (non-hydrogen) atoms. The molecule has 0 atom stereocenters. The molecule has 0 bridgehead atoms. The quantitative estimate of drug-likeness (QED) is 0.775. The van der Waals surface area contributed by atoms with Gasteiger partial charge in [0.15, 0.2) is 0 Å². The highest BCUT2D eigenvalue weighted by molar-refractivity contribution is 6.34. The van der Waals surface area contributed by atoms with Crippen LogP contribution in [0.25, 0.3) is 0 Å². The number of anilines is 1. The Labute approximate surface area is 143 Å². The van der Waals surface area contributed by atoms with Crippen LogP contribution in [-0.4, -0.2) is 24.7 Å². The number of carbonyl (C=O) groups excluding carboxylic acids is 2. The summed E-state index contributed by atoms with van der Waals surface area (Å²) in [5.41, 5.74) is -2.01. The molecule has 0 heterocycles. The van der Waals surface area contributed by atoms with Crippen molar-refractivity contribution in [3.8, 4) is 0 Å². The van der Waals surface area contributed by atoms with Crippen LogP contribution >= 0.6 is 11.6 Å². The summed E-state index contributed by atoms with van der Waals surface area (Å²) >= 11 is 6.12. The molecular weight excluding hydrogens is 347 g/mol. The fraction of sp³-hybridized carbons (Fsp3) is 0.500. The van der Waals surface area contributed by atoms with E-state index in [0.29, 0.717) is 12.0 Å².